The highest BCUT2D eigenvalue weighted by molar-refractivity contribution is 5.86. The number of nitrogens with one attached hydrogen (secondary N) is 1. The Morgan fingerprint density at radius 2 is 2.00 bits per heavy atom. The molecule has 0 atom stereocenters. The third-order valence-electron chi connectivity index (χ3n) is 2.57. The highest BCUT2D eigenvalue weighted by atomic mass is 16.6. The Labute approximate surface area is 121 Å². The SMILES string of the molecule is C[n+]1cc(O)o[n+]1C(=O)Nc1ccc([N+](=O)[O-])cc1[N+](=O)[O-]. The number of nitrogens with zero attached hydrogens (tertiary/aromatic N) is 4. The van der Waals surface area contributed by atoms with Gasteiger partial charge < -0.3 is 5.11 Å². The van der Waals surface area contributed by atoms with E-state index in [-0.39, 0.29) is 5.69 Å². The molecule has 12 nitrogen and oxygen atoms in total. The zero-order chi connectivity index (χ0) is 16.4. The van der Waals surface area contributed by atoms with E-state index in [1.54, 1.807) is 0 Å². The molecule has 22 heavy (non-hydrogen) atoms. The number of non-ortho nitro benzene ring substituents is 1. The van der Waals surface area contributed by atoms with E-state index in [0.29, 0.717) is 4.85 Å². The van der Waals surface area contributed by atoms with Crippen LogP contribution in [0, 0.1) is 20.2 Å². The Morgan fingerprint density at radius 1 is 1.32 bits per heavy atom. The lowest BCUT2D eigenvalue weighted by molar-refractivity contribution is -1.26. The third kappa shape index (κ3) is 2.79. The Balaban J connectivity index is 2.36. The Morgan fingerprint density at radius 3 is 2.50 bits per heavy atom. The van der Waals surface area contributed by atoms with Crippen LogP contribution >= 0.6 is 0 Å². The lowest BCUT2D eigenvalue weighted by atomic mass is 10.2. The summed E-state index contributed by atoms with van der Waals surface area (Å²) in [5.74, 6) is -0.546. The molecule has 0 fully saturated rings. The van der Waals surface area contributed by atoms with Crippen LogP contribution in [0.4, 0.5) is 21.9 Å². The first-order valence-corrected chi connectivity index (χ1v) is 5.65. The Kier molecular flexibility index (Phi) is 3.66. The van der Waals surface area contributed by atoms with Crippen LogP contribution in [0.2, 0.25) is 0 Å². The zero-order valence-corrected chi connectivity index (χ0v) is 11.0. The fourth-order valence-corrected chi connectivity index (χ4v) is 1.63. The number of amides is 1. The molecule has 0 radical (unpaired) electrons. The maximum atomic E-state index is 11.9. The van der Waals surface area contributed by atoms with Gasteiger partial charge in [-0.05, 0) is 6.07 Å². The number of aromatic nitrogens is 2. The number of nitro groups is 2. The van der Waals surface area contributed by atoms with Crippen LogP contribution in [-0.2, 0) is 7.05 Å². The van der Waals surface area contributed by atoms with Crippen LogP contribution in [0.5, 0.6) is 5.95 Å². The minimum atomic E-state index is -0.945. The van der Waals surface area contributed by atoms with Crippen molar-refractivity contribution in [3.63, 3.8) is 0 Å². The molecule has 0 unspecified atom stereocenters. The number of anilines is 1. The number of carbonyl (C=O) groups excluding carboxylic acids is 1. The fourth-order valence-electron chi connectivity index (χ4n) is 1.63. The van der Waals surface area contributed by atoms with Gasteiger partial charge in [0.05, 0.1) is 15.9 Å². The van der Waals surface area contributed by atoms with Gasteiger partial charge in [0, 0.05) is 10.7 Å². The molecular weight excluding hydrogens is 302 g/mol. The van der Waals surface area contributed by atoms with Gasteiger partial charge in [-0.25, -0.2) is 0 Å². The first-order chi connectivity index (χ1) is 10.3. The summed E-state index contributed by atoms with van der Waals surface area (Å²) in [6, 6.07) is 1.81. The number of carbonyl (C=O) groups is 1. The second kappa shape index (κ2) is 5.43. The van der Waals surface area contributed by atoms with Crippen molar-refractivity contribution in [3.8, 4) is 5.95 Å². The van der Waals surface area contributed by atoms with Crippen LogP contribution in [0.15, 0.2) is 28.9 Å². The molecule has 1 aromatic heterocycles. The maximum absolute atomic E-state index is 11.9. The van der Waals surface area contributed by atoms with Crippen LogP contribution in [0.1, 0.15) is 0 Å². The van der Waals surface area contributed by atoms with Crippen molar-refractivity contribution >= 4 is 23.1 Å². The highest BCUT2D eigenvalue weighted by Gasteiger charge is 2.33. The van der Waals surface area contributed by atoms with Crippen LogP contribution in [-0.4, -0.2) is 21.0 Å². The van der Waals surface area contributed by atoms with Crippen LogP contribution in [0.25, 0.3) is 0 Å². The number of aromatic hydroxyl groups is 1. The average molecular weight is 311 g/mol. The lowest BCUT2D eigenvalue weighted by Gasteiger charge is -1.97. The molecule has 12 heteroatoms. The standard InChI is InChI=1S/C10H7N5O7/c1-12-5-9(16)22-13(12)10(17)11-7-3-2-6(14(18)19)4-8(7)15(20)21/h2-5H,1H3/p+2. The lowest BCUT2D eigenvalue weighted by Crippen LogP contribution is -2.67. The van der Waals surface area contributed by atoms with E-state index in [1.165, 1.54) is 7.05 Å². The predicted molar refractivity (Wildman–Crippen MR) is 65.9 cm³/mol. The summed E-state index contributed by atoms with van der Waals surface area (Å²) < 4.78 is 5.74. The van der Waals surface area contributed by atoms with Gasteiger partial charge in [-0.2, -0.15) is 14.6 Å². The largest absolute Gasteiger partial charge is 0.597 e. The van der Waals surface area contributed by atoms with Gasteiger partial charge in [-0.1, -0.05) is 0 Å². The van der Waals surface area contributed by atoms with E-state index in [2.05, 4.69) is 9.84 Å². The molecule has 2 rings (SSSR count). The summed E-state index contributed by atoms with van der Waals surface area (Å²) in [5.41, 5.74) is -1.40. The summed E-state index contributed by atoms with van der Waals surface area (Å²) in [7, 11) is 1.38. The van der Waals surface area contributed by atoms with E-state index in [1.807, 2.05) is 0 Å². The molecule has 1 aromatic carbocycles. The van der Waals surface area contributed by atoms with Gasteiger partial charge in [-0.15, -0.1) is 0 Å². The van der Waals surface area contributed by atoms with Gasteiger partial charge in [0.25, 0.3) is 5.69 Å². The second-order valence-electron chi connectivity index (χ2n) is 4.05. The molecule has 0 aliphatic rings. The number of hydrogen-bond donors (Lipinski definition) is 2. The minimum absolute atomic E-state index is 0.260. The second-order valence-corrected chi connectivity index (χ2v) is 4.05. The summed E-state index contributed by atoms with van der Waals surface area (Å²) in [6.45, 7) is 0. The van der Waals surface area contributed by atoms with Crippen LogP contribution in [0.3, 0.4) is 0 Å². The van der Waals surface area contributed by atoms with E-state index in [4.69, 9.17) is 5.11 Å². The van der Waals surface area contributed by atoms with Crippen molar-refractivity contribution in [2.24, 2.45) is 7.05 Å². The van der Waals surface area contributed by atoms with Gasteiger partial charge in [0.15, 0.2) is 7.05 Å². The summed E-state index contributed by atoms with van der Waals surface area (Å²) in [6.07, 6.45) is 1.09. The molecule has 1 heterocycles. The Hall–Kier alpha value is -3.57. The summed E-state index contributed by atoms with van der Waals surface area (Å²) in [4.78, 5) is 32.4. The van der Waals surface area contributed by atoms with Gasteiger partial charge >= 0.3 is 23.9 Å². The molecule has 0 aliphatic carbocycles. The molecule has 0 saturated carbocycles. The average Bonchev–Trinajstić information content (AvgIpc) is 2.77. The van der Waals surface area contributed by atoms with E-state index in [0.717, 1.165) is 29.1 Å². The number of aryl methyl sites for hydroxylation is 1. The molecular formula is C10H9N5O7+2. The van der Waals surface area contributed by atoms with Crippen molar-refractivity contribution in [2.75, 3.05) is 5.32 Å². The van der Waals surface area contributed by atoms with Crippen molar-refractivity contribution in [2.45, 2.75) is 0 Å². The minimum Gasteiger partial charge on any atom is -0.473 e. The highest BCUT2D eigenvalue weighted by Crippen LogP contribution is 2.28. The fraction of sp³-hybridized carbons (Fsp3) is 0.100. The topological polar surface area (TPSA) is 157 Å². The first kappa shape index (κ1) is 14.8. The molecule has 114 valence electrons. The van der Waals surface area contributed by atoms with Crippen molar-refractivity contribution < 1.29 is 33.8 Å². The normalized spacial score (nSPS) is 10.2. The number of rotatable bonds is 3. The maximum Gasteiger partial charge on any atom is 0.597 e. The Bertz CT molecular complexity index is 784. The van der Waals surface area contributed by atoms with Crippen LogP contribution < -0.4 is 14.9 Å². The molecule has 0 aliphatic heterocycles. The number of benzene rings is 1. The summed E-state index contributed by atoms with van der Waals surface area (Å²) in [5, 5.41) is 32.8. The van der Waals surface area contributed by atoms with Crippen molar-refractivity contribution in [1.29, 1.82) is 0 Å². The molecule has 0 saturated heterocycles. The first-order valence-electron chi connectivity index (χ1n) is 5.65. The molecule has 0 bridgehead atoms. The third-order valence-corrected chi connectivity index (χ3v) is 2.57. The van der Waals surface area contributed by atoms with Gasteiger partial charge in [0.1, 0.15) is 0 Å². The van der Waals surface area contributed by atoms with E-state index < -0.39 is 33.2 Å². The summed E-state index contributed by atoms with van der Waals surface area (Å²) >= 11 is 0. The zero-order valence-electron chi connectivity index (χ0n) is 11.0. The van der Waals surface area contributed by atoms with E-state index >= 15 is 0 Å². The molecule has 2 aromatic rings. The van der Waals surface area contributed by atoms with E-state index in [9.17, 15) is 25.0 Å². The van der Waals surface area contributed by atoms with Crippen molar-refractivity contribution in [1.82, 2.24) is 0 Å². The van der Waals surface area contributed by atoms with Crippen molar-refractivity contribution in [3.05, 3.63) is 44.6 Å². The molecule has 1 amide bonds. The molecule has 2 N–H and O–H groups in total. The van der Waals surface area contributed by atoms with Gasteiger partial charge in [0.2, 0.25) is 10.5 Å². The quantitative estimate of drug-likeness (QED) is 0.458. The number of nitro benzene ring substituents is 2. The smallest absolute Gasteiger partial charge is 0.473 e. The molecule has 0 spiro atoms. The van der Waals surface area contributed by atoms with Gasteiger partial charge in [-0.3, -0.25) is 20.2 Å². The number of hydrogen-bond acceptors (Lipinski definition) is 7. The monoisotopic (exact) mass is 311 g/mol. The predicted octanol–water partition coefficient (Wildman–Crippen LogP) is -0.00620.